The molecular weight excluding hydrogens is 409 g/mol. The molecular formula is C23H21F3N2O3. The second-order valence-corrected chi connectivity index (χ2v) is 8.32. The van der Waals surface area contributed by atoms with Crippen LogP contribution in [0.5, 0.6) is 0 Å². The van der Waals surface area contributed by atoms with Crippen LogP contribution in [-0.4, -0.2) is 46.5 Å². The average Bonchev–Trinajstić information content (AvgIpc) is 3.30. The van der Waals surface area contributed by atoms with Crippen LogP contribution in [0.25, 0.3) is 0 Å². The molecule has 0 bridgehead atoms. The summed E-state index contributed by atoms with van der Waals surface area (Å²) in [6.07, 6.45) is 1.84. The first-order chi connectivity index (χ1) is 14.9. The van der Waals surface area contributed by atoms with Crippen LogP contribution < -0.4 is 0 Å². The number of hydrogen-bond donors (Lipinski definition) is 0. The molecule has 2 unspecified atom stereocenters. The van der Waals surface area contributed by atoms with Crippen LogP contribution in [0.3, 0.4) is 0 Å². The van der Waals surface area contributed by atoms with Crippen molar-refractivity contribution in [2.24, 2.45) is 0 Å². The number of amides is 2. The zero-order valence-electron chi connectivity index (χ0n) is 16.7. The van der Waals surface area contributed by atoms with E-state index in [-0.39, 0.29) is 44.1 Å². The van der Waals surface area contributed by atoms with Gasteiger partial charge in [-0.3, -0.25) is 9.59 Å². The molecule has 0 aliphatic carbocycles. The average molecular weight is 430 g/mol. The molecule has 0 radical (unpaired) electrons. The third-order valence-corrected chi connectivity index (χ3v) is 6.60. The van der Waals surface area contributed by atoms with E-state index in [9.17, 15) is 22.8 Å². The molecule has 3 heterocycles. The Bertz CT molecular complexity index is 1040. The molecule has 3 aliphatic rings. The van der Waals surface area contributed by atoms with Gasteiger partial charge in [-0.25, -0.2) is 13.2 Å². The van der Waals surface area contributed by atoms with E-state index in [0.29, 0.717) is 12.1 Å². The Morgan fingerprint density at radius 3 is 2.35 bits per heavy atom. The zero-order valence-corrected chi connectivity index (χ0v) is 16.7. The molecule has 3 saturated heterocycles. The molecule has 2 atom stereocenters. The van der Waals surface area contributed by atoms with Crippen molar-refractivity contribution >= 4 is 11.8 Å². The van der Waals surface area contributed by atoms with E-state index in [1.165, 1.54) is 4.90 Å². The van der Waals surface area contributed by atoms with Crippen molar-refractivity contribution < 1.29 is 27.5 Å². The molecule has 3 aliphatic heterocycles. The van der Waals surface area contributed by atoms with Gasteiger partial charge in [0.15, 0.2) is 17.2 Å². The standard InChI is InChI=1S/C23H21F3N2O3/c24-16-13-18(26)17(25)12-15(16)21(29)27-10-8-23(9-11-27)22(30)28-19(6-7-20(28)31-23)14-4-2-1-3-5-14/h1-5,12-13,19-20H,6-11H2. The smallest absolute Gasteiger partial charge is 0.257 e. The second kappa shape index (κ2) is 7.37. The molecule has 162 valence electrons. The van der Waals surface area contributed by atoms with Crippen molar-refractivity contribution in [3.63, 3.8) is 0 Å². The van der Waals surface area contributed by atoms with Crippen molar-refractivity contribution in [2.75, 3.05) is 13.1 Å². The number of rotatable bonds is 2. The van der Waals surface area contributed by atoms with E-state index in [2.05, 4.69) is 0 Å². The quantitative estimate of drug-likeness (QED) is 0.681. The number of piperidine rings is 1. The van der Waals surface area contributed by atoms with E-state index in [4.69, 9.17) is 4.74 Å². The van der Waals surface area contributed by atoms with Gasteiger partial charge < -0.3 is 14.5 Å². The third kappa shape index (κ3) is 3.20. The van der Waals surface area contributed by atoms with E-state index >= 15 is 0 Å². The van der Waals surface area contributed by atoms with Gasteiger partial charge in [0, 0.05) is 32.0 Å². The lowest BCUT2D eigenvalue weighted by molar-refractivity contribution is -0.142. The van der Waals surface area contributed by atoms with Crippen LogP contribution in [0.1, 0.15) is 47.6 Å². The SMILES string of the molecule is O=C(c1cc(F)c(F)cc1F)N1CCC2(CC1)OC1CCC(c3ccccc3)N1C2=O. The number of likely N-dealkylation sites (tertiary alicyclic amines) is 1. The molecule has 0 N–H and O–H groups in total. The first kappa shape index (κ1) is 20.1. The van der Waals surface area contributed by atoms with E-state index < -0.39 is 34.5 Å². The monoisotopic (exact) mass is 430 g/mol. The molecule has 8 heteroatoms. The number of ether oxygens (including phenoxy) is 1. The van der Waals surface area contributed by atoms with E-state index in [0.717, 1.165) is 18.4 Å². The highest BCUT2D eigenvalue weighted by Gasteiger charge is 2.58. The molecule has 31 heavy (non-hydrogen) atoms. The number of carbonyl (C=O) groups excluding carboxylic acids is 2. The number of fused-ring (bicyclic) bond motifs is 1. The highest BCUT2D eigenvalue weighted by Crippen LogP contribution is 2.47. The summed E-state index contributed by atoms with van der Waals surface area (Å²) >= 11 is 0. The van der Waals surface area contributed by atoms with Gasteiger partial charge in [0.25, 0.3) is 11.8 Å². The number of benzene rings is 2. The van der Waals surface area contributed by atoms with Gasteiger partial charge >= 0.3 is 0 Å². The number of carbonyl (C=O) groups is 2. The molecule has 0 aromatic heterocycles. The fraction of sp³-hybridized carbons (Fsp3) is 0.391. The summed E-state index contributed by atoms with van der Waals surface area (Å²) in [7, 11) is 0. The lowest BCUT2D eigenvalue weighted by Gasteiger charge is -2.37. The fourth-order valence-electron chi connectivity index (χ4n) is 4.98. The van der Waals surface area contributed by atoms with Crippen molar-refractivity contribution in [1.82, 2.24) is 9.80 Å². The fourth-order valence-corrected chi connectivity index (χ4v) is 4.98. The summed E-state index contributed by atoms with van der Waals surface area (Å²) in [6, 6.07) is 10.7. The number of hydrogen-bond acceptors (Lipinski definition) is 3. The van der Waals surface area contributed by atoms with Gasteiger partial charge in [-0.05, 0) is 24.5 Å². The molecule has 2 aromatic rings. The van der Waals surface area contributed by atoms with Gasteiger partial charge in [0.2, 0.25) is 0 Å². The van der Waals surface area contributed by atoms with Gasteiger partial charge in [-0.1, -0.05) is 30.3 Å². The summed E-state index contributed by atoms with van der Waals surface area (Å²) in [5.74, 6) is -4.52. The highest BCUT2D eigenvalue weighted by atomic mass is 19.2. The van der Waals surface area contributed by atoms with E-state index in [1.807, 2.05) is 35.2 Å². The van der Waals surface area contributed by atoms with Gasteiger partial charge in [0.1, 0.15) is 12.0 Å². The van der Waals surface area contributed by atoms with Crippen molar-refractivity contribution in [3.05, 3.63) is 71.0 Å². The molecule has 3 fully saturated rings. The predicted molar refractivity (Wildman–Crippen MR) is 104 cm³/mol. The van der Waals surface area contributed by atoms with Crippen molar-refractivity contribution in [3.8, 4) is 0 Å². The maximum Gasteiger partial charge on any atom is 0.257 e. The molecule has 2 aromatic carbocycles. The predicted octanol–water partition coefficient (Wildman–Crippen LogP) is 3.80. The Kier molecular flexibility index (Phi) is 4.77. The van der Waals surface area contributed by atoms with Gasteiger partial charge in [0.05, 0.1) is 11.6 Å². The Morgan fingerprint density at radius 1 is 0.968 bits per heavy atom. The first-order valence-electron chi connectivity index (χ1n) is 10.4. The lowest BCUT2D eigenvalue weighted by atomic mass is 9.89. The van der Waals surface area contributed by atoms with Crippen LogP contribution in [0.15, 0.2) is 42.5 Å². The van der Waals surface area contributed by atoms with Crippen LogP contribution in [0, 0.1) is 17.5 Å². The maximum atomic E-state index is 14.0. The molecule has 5 nitrogen and oxygen atoms in total. The van der Waals surface area contributed by atoms with Crippen LogP contribution in [-0.2, 0) is 9.53 Å². The molecule has 5 rings (SSSR count). The summed E-state index contributed by atoms with van der Waals surface area (Å²) in [6.45, 7) is 0.332. The van der Waals surface area contributed by atoms with Crippen molar-refractivity contribution in [1.29, 1.82) is 0 Å². The first-order valence-corrected chi connectivity index (χ1v) is 10.4. The van der Waals surface area contributed by atoms with Gasteiger partial charge in [-0.2, -0.15) is 0 Å². The van der Waals surface area contributed by atoms with Crippen molar-refractivity contribution in [2.45, 2.75) is 43.6 Å². The Labute approximate surface area is 177 Å². The largest absolute Gasteiger partial charge is 0.342 e. The minimum atomic E-state index is -1.34. The minimum absolute atomic E-state index is 0.0333. The number of nitrogens with zero attached hydrogens (tertiary/aromatic N) is 2. The summed E-state index contributed by atoms with van der Waals surface area (Å²) in [4.78, 5) is 29.2. The lowest BCUT2D eigenvalue weighted by Crippen LogP contribution is -2.51. The van der Waals surface area contributed by atoms with Crippen LogP contribution >= 0.6 is 0 Å². The molecule has 1 spiro atoms. The topological polar surface area (TPSA) is 49.9 Å². The molecule has 0 saturated carbocycles. The highest BCUT2D eigenvalue weighted by molar-refractivity contribution is 5.95. The summed E-state index contributed by atoms with van der Waals surface area (Å²) in [5, 5.41) is 0. The number of halogens is 3. The van der Waals surface area contributed by atoms with Crippen LogP contribution in [0.2, 0.25) is 0 Å². The second-order valence-electron chi connectivity index (χ2n) is 8.32. The van der Waals surface area contributed by atoms with Gasteiger partial charge in [-0.15, -0.1) is 0 Å². The minimum Gasteiger partial charge on any atom is -0.342 e. The summed E-state index contributed by atoms with van der Waals surface area (Å²) < 4.78 is 46.9. The van der Waals surface area contributed by atoms with E-state index in [1.54, 1.807) is 0 Å². The third-order valence-electron chi connectivity index (χ3n) is 6.60. The summed E-state index contributed by atoms with van der Waals surface area (Å²) in [5.41, 5.74) is -0.444. The maximum absolute atomic E-state index is 14.0. The molecule has 2 amide bonds. The Balaban J connectivity index is 1.31. The normalized spacial score (nSPS) is 24.7. The van der Waals surface area contributed by atoms with Crippen LogP contribution in [0.4, 0.5) is 13.2 Å². The zero-order chi connectivity index (χ0) is 21.8. The Hall–Kier alpha value is -2.87. The Morgan fingerprint density at radius 2 is 1.65 bits per heavy atom.